The summed E-state index contributed by atoms with van der Waals surface area (Å²) in [6, 6.07) is 0. The molecule has 0 aliphatic carbocycles. The summed E-state index contributed by atoms with van der Waals surface area (Å²) in [7, 11) is 0. The maximum atomic E-state index is 11.1. The van der Waals surface area contributed by atoms with Gasteiger partial charge in [0.25, 0.3) is 0 Å². The lowest BCUT2D eigenvalue weighted by atomic mass is 10.1. The van der Waals surface area contributed by atoms with Crippen molar-refractivity contribution in [1.29, 1.82) is 0 Å². The number of aliphatic hydroxyl groups excluding tert-OH is 1. The van der Waals surface area contributed by atoms with E-state index >= 15 is 0 Å². The van der Waals surface area contributed by atoms with E-state index in [0.717, 1.165) is 17.7 Å². The van der Waals surface area contributed by atoms with Crippen LogP contribution < -0.4 is 0 Å². The van der Waals surface area contributed by atoms with Crippen LogP contribution in [0.3, 0.4) is 0 Å². The predicted octanol–water partition coefficient (Wildman–Crippen LogP) is 1.68. The number of allylic oxidation sites excluding steroid dienone is 2. The Bertz CT molecular complexity index is 143. The summed E-state index contributed by atoms with van der Waals surface area (Å²) in [6.07, 6.45) is 5.33. The highest BCUT2D eigenvalue weighted by Crippen LogP contribution is 2.12. The molecule has 2 atom stereocenters. The molecule has 0 aliphatic rings. The van der Waals surface area contributed by atoms with E-state index in [9.17, 15) is 4.55 Å². The van der Waals surface area contributed by atoms with Crippen LogP contribution in [0.15, 0.2) is 11.0 Å². The fourth-order valence-corrected chi connectivity index (χ4v) is 1.61. The molecule has 0 heterocycles. The van der Waals surface area contributed by atoms with Crippen LogP contribution in [-0.4, -0.2) is 22.5 Å². The molecule has 0 aromatic carbocycles. The van der Waals surface area contributed by atoms with Crippen molar-refractivity contribution in [2.24, 2.45) is 5.92 Å². The summed E-state index contributed by atoms with van der Waals surface area (Å²) in [6.45, 7) is 4.17. The van der Waals surface area contributed by atoms with Crippen molar-refractivity contribution >= 4 is 11.2 Å². The molecule has 0 spiro atoms. The first-order valence-electron chi connectivity index (χ1n) is 4.25. The van der Waals surface area contributed by atoms with Crippen LogP contribution in [0.4, 0.5) is 0 Å². The third kappa shape index (κ3) is 4.80. The Hall–Kier alpha value is 0.01000. The first kappa shape index (κ1) is 12.0. The molecule has 0 rings (SSSR count). The number of hydrogen-bond acceptors (Lipinski definition) is 2. The molecule has 2 nitrogen and oxygen atoms in total. The summed E-state index contributed by atoms with van der Waals surface area (Å²) in [5.74, 6) is 0.273. The molecule has 0 aliphatic heterocycles. The van der Waals surface area contributed by atoms with E-state index in [1.165, 1.54) is 0 Å². The van der Waals surface area contributed by atoms with Gasteiger partial charge in [0.05, 0.1) is 0 Å². The third-order valence-electron chi connectivity index (χ3n) is 1.78. The second kappa shape index (κ2) is 6.52. The molecular weight excluding hydrogens is 172 g/mol. The Kier molecular flexibility index (Phi) is 6.52. The van der Waals surface area contributed by atoms with Crippen molar-refractivity contribution in [2.75, 3.05) is 12.9 Å². The Labute approximate surface area is 77.9 Å². The molecule has 0 bridgehead atoms. The van der Waals surface area contributed by atoms with Crippen LogP contribution in [0.2, 0.25) is 0 Å². The van der Waals surface area contributed by atoms with Crippen LogP contribution in [0.25, 0.3) is 0 Å². The van der Waals surface area contributed by atoms with Gasteiger partial charge in [0.1, 0.15) is 11.2 Å². The Morgan fingerprint density at radius 3 is 2.58 bits per heavy atom. The lowest BCUT2D eigenvalue weighted by Crippen LogP contribution is -2.03. The Balaban J connectivity index is 3.94. The van der Waals surface area contributed by atoms with E-state index in [-0.39, 0.29) is 12.5 Å². The van der Waals surface area contributed by atoms with E-state index in [1.807, 2.05) is 19.9 Å². The highest BCUT2D eigenvalue weighted by Gasteiger charge is 2.06. The summed E-state index contributed by atoms with van der Waals surface area (Å²) < 4.78 is 11.1. The molecule has 0 saturated heterocycles. The zero-order valence-corrected chi connectivity index (χ0v) is 8.86. The van der Waals surface area contributed by atoms with Gasteiger partial charge in [-0.2, -0.15) is 0 Å². The van der Waals surface area contributed by atoms with E-state index in [2.05, 4.69) is 0 Å². The average molecular weight is 190 g/mol. The molecule has 2 unspecified atom stereocenters. The first-order valence-corrected chi connectivity index (χ1v) is 5.80. The van der Waals surface area contributed by atoms with E-state index in [4.69, 9.17) is 5.11 Å². The van der Waals surface area contributed by atoms with Crippen molar-refractivity contribution in [3.05, 3.63) is 11.0 Å². The topological polar surface area (TPSA) is 43.3 Å². The molecule has 72 valence electrons. The molecular formula is C9H18O2S. The number of rotatable bonds is 5. The first-order chi connectivity index (χ1) is 5.61. The maximum Gasteiger partial charge on any atom is 0.125 e. The minimum absolute atomic E-state index is 0.198. The van der Waals surface area contributed by atoms with Gasteiger partial charge in [-0.15, -0.1) is 0 Å². The van der Waals surface area contributed by atoms with Crippen molar-refractivity contribution in [1.82, 2.24) is 0 Å². The largest absolute Gasteiger partial charge is 0.612 e. The standard InChI is InChI=1S/C9H18O2S/c1-4-9(12(3)11)6-5-8(2)7-10/h6,8,10H,4-5,7H2,1-3H3/b9-6+. The zero-order chi connectivity index (χ0) is 9.56. The van der Waals surface area contributed by atoms with Crippen molar-refractivity contribution in [2.45, 2.75) is 26.7 Å². The summed E-state index contributed by atoms with van der Waals surface area (Å²) in [5, 5.41) is 8.75. The molecule has 0 aromatic heterocycles. The molecule has 0 fully saturated rings. The van der Waals surface area contributed by atoms with Gasteiger partial charge >= 0.3 is 0 Å². The van der Waals surface area contributed by atoms with Gasteiger partial charge in [0, 0.05) is 13.0 Å². The van der Waals surface area contributed by atoms with Crippen LogP contribution in [0.1, 0.15) is 26.7 Å². The van der Waals surface area contributed by atoms with Gasteiger partial charge in [-0.25, -0.2) is 0 Å². The molecule has 0 radical (unpaired) electrons. The van der Waals surface area contributed by atoms with Gasteiger partial charge in [0.2, 0.25) is 0 Å². The maximum absolute atomic E-state index is 11.1. The van der Waals surface area contributed by atoms with Crippen molar-refractivity contribution < 1.29 is 9.66 Å². The molecule has 3 heteroatoms. The highest BCUT2D eigenvalue weighted by atomic mass is 32.2. The van der Waals surface area contributed by atoms with E-state index < -0.39 is 11.2 Å². The SMILES string of the molecule is CC/C(=C\CC(C)CO)[S+](C)[O-]. The molecule has 1 N–H and O–H groups in total. The molecule has 0 saturated carbocycles. The summed E-state index contributed by atoms with van der Waals surface area (Å²) in [4.78, 5) is 0.982. The normalized spacial score (nSPS) is 17.6. The Morgan fingerprint density at radius 2 is 2.25 bits per heavy atom. The minimum atomic E-state index is -0.842. The number of hydrogen-bond donors (Lipinski definition) is 1. The van der Waals surface area contributed by atoms with Crippen molar-refractivity contribution in [3.63, 3.8) is 0 Å². The molecule has 12 heavy (non-hydrogen) atoms. The van der Waals surface area contributed by atoms with Gasteiger partial charge in [-0.3, -0.25) is 0 Å². The fourth-order valence-electron chi connectivity index (χ4n) is 0.872. The second-order valence-corrected chi connectivity index (χ2v) is 4.43. The van der Waals surface area contributed by atoms with Gasteiger partial charge < -0.3 is 9.66 Å². The lowest BCUT2D eigenvalue weighted by molar-refractivity contribution is 0.238. The van der Waals surface area contributed by atoms with Crippen LogP contribution in [0, 0.1) is 5.92 Å². The van der Waals surface area contributed by atoms with Crippen LogP contribution in [0.5, 0.6) is 0 Å². The number of aliphatic hydroxyl groups is 1. The van der Waals surface area contributed by atoms with Crippen LogP contribution in [-0.2, 0) is 11.2 Å². The van der Waals surface area contributed by atoms with Gasteiger partial charge in [-0.1, -0.05) is 13.8 Å². The quantitative estimate of drug-likeness (QED) is 0.670. The second-order valence-electron chi connectivity index (χ2n) is 3.00. The lowest BCUT2D eigenvalue weighted by Gasteiger charge is -2.08. The molecule has 0 amide bonds. The minimum Gasteiger partial charge on any atom is -0.612 e. The smallest absolute Gasteiger partial charge is 0.125 e. The molecule has 0 aromatic rings. The fraction of sp³-hybridized carbons (Fsp3) is 0.778. The van der Waals surface area contributed by atoms with Gasteiger partial charge in [0.15, 0.2) is 0 Å². The average Bonchev–Trinajstić information content (AvgIpc) is 2.04. The monoisotopic (exact) mass is 190 g/mol. The summed E-state index contributed by atoms with van der Waals surface area (Å²) in [5.41, 5.74) is 0. The summed E-state index contributed by atoms with van der Waals surface area (Å²) >= 11 is -0.842. The predicted molar refractivity (Wildman–Crippen MR) is 53.3 cm³/mol. The van der Waals surface area contributed by atoms with E-state index in [1.54, 1.807) is 6.26 Å². The van der Waals surface area contributed by atoms with E-state index in [0.29, 0.717) is 0 Å². The third-order valence-corrected chi connectivity index (χ3v) is 2.97. The van der Waals surface area contributed by atoms with Crippen LogP contribution >= 0.6 is 0 Å². The van der Waals surface area contributed by atoms with Gasteiger partial charge in [-0.05, 0) is 29.6 Å². The Morgan fingerprint density at radius 1 is 1.67 bits per heavy atom. The zero-order valence-electron chi connectivity index (χ0n) is 8.04. The van der Waals surface area contributed by atoms with Crippen molar-refractivity contribution in [3.8, 4) is 0 Å². The highest BCUT2D eigenvalue weighted by molar-refractivity contribution is 7.94.